The lowest BCUT2D eigenvalue weighted by atomic mass is 10.0. The Morgan fingerprint density at radius 3 is 2.50 bits per heavy atom. The summed E-state index contributed by atoms with van der Waals surface area (Å²) in [7, 11) is 0. The Bertz CT molecular complexity index is 567. The van der Waals surface area contributed by atoms with Gasteiger partial charge in [0.2, 0.25) is 0 Å². The molecule has 0 aromatic carbocycles. The van der Waals surface area contributed by atoms with Crippen molar-refractivity contribution in [3.05, 3.63) is 33.7 Å². The zero-order valence-electron chi connectivity index (χ0n) is 11.8. The lowest BCUT2D eigenvalue weighted by Gasteiger charge is -2.10. The molecule has 0 N–H and O–H groups in total. The van der Waals surface area contributed by atoms with Crippen molar-refractivity contribution in [2.45, 2.75) is 47.0 Å². The minimum absolute atomic E-state index is 0.489. The Balaban J connectivity index is 2.67. The minimum Gasteiger partial charge on any atom is -0.302 e. The molecule has 2 heterocycles. The number of hydrogen-bond donors (Lipinski definition) is 0. The SMILES string of the molecule is Cc1cc2nc(CC(C)C)c(C(C)C)n2cc1Br. The van der Waals surface area contributed by atoms with Crippen molar-refractivity contribution in [3.63, 3.8) is 0 Å². The number of pyridine rings is 1. The summed E-state index contributed by atoms with van der Waals surface area (Å²) in [5.74, 6) is 1.13. The highest BCUT2D eigenvalue weighted by molar-refractivity contribution is 9.10. The molecule has 0 aliphatic carbocycles. The summed E-state index contributed by atoms with van der Waals surface area (Å²) in [6, 6.07) is 2.15. The van der Waals surface area contributed by atoms with Gasteiger partial charge in [-0.05, 0) is 52.7 Å². The molecule has 0 aliphatic rings. The monoisotopic (exact) mass is 308 g/mol. The third-order valence-corrected chi connectivity index (χ3v) is 3.99. The summed E-state index contributed by atoms with van der Waals surface area (Å²) < 4.78 is 3.38. The molecular formula is C15H21BrN2. The number of rotatable bonds is 3. The van der Waals surface area contributed by atoms with Crippen molar-refractivity contribution < 1.29 is 0 Å². The number of aromatic nitrogens is 2. The van der Waals surface area contributed by atoms with Crippen molar-refractivity contribution >= 4 is 21.6 Å². The maximum Gasteiger partial charge on any atom is 0.137 e. The number of imidazole rings is 1. The third-order valence-electron chi connectivity index (χ3n) is 3.16. The smallest absolute Gasteiger partial charge is 0.137 e. The predicted octanol–water partition coefficient (Wildman–Crippen LogP) is 4.73. The molecule has 98 valence electrons. The average molecular weight is 309 g/mol. The van der Waals surface area contributed by atoms with Crippen LogP contribution in [0.2, 0.25) is 0 Å². The molecule has 2 nitrogen and oxygen atoms in total. The van der Waals surface area contributed by atoms with Crippen LogP contribution in [-0.4, -0.2) is 9.38 Å². The molecule has 18 heavy (non-hydrogen) atoms. The highest BCUT2D eigenvalue weighted by Crippen LogP contribution is 2.26. The lowest BCUT2D eigenvalue weighted by Crippen LogP contribution is -2.02. The maximum atomic E-state index is 4.82. The van der Waals surface area contributed by atoms with Gasteiger partial charge in [0.15, 0.2) is 0 Å². The molecule has 2 aromatic heterocycles. The second-order valence-electron chi connectivity index (χ2n) is 5.73. The van der Waals surface area contributed by atoms with Gasteiger partial charge in [-0.2, -0.15) is 0 Å². The molecule has 2 rings (SSSR count). The first kappa shape index (κ1) is 13.6. The average Bonchev–Trinajstić information content (AvgIpc) is 2.55. The largest absolute Gasteiger partial charge is 0.302 e. The number of nitrogens with zero attached hydrogens (tertiary/aromatic N) is 2. The molecule has 0 radical (unpaired) electrons. The fourth-order valence-corrected chi connectivity index (χ4v) is 2.69. The van der Waals surface area contributed by atoms with Gasteiger partial charge in [0.05, 0.1) is 5.69 Å². The van der Waals surface area contributed by atoms with Gasteiger partial charge < -0.3 is 4.40 Å². The van der Waals surface area contributed by atoms with Crippen LogP contribution in [0.4, 0.5) is 0 Å². The van der Waals surface area contributed by atoms with Crippen LogP contribution >= 0.6 is 15.9 Å². The molecule has 2 aromatic rings. The molecule has 0 saturated carbocycles. The zero-order valence-corrected chi connectivity index (χ0v) is 13.4. The van der Waals surface area contributed by atoms with Crippen molar-refractivity contribution in [1.82, 2.24) is 9.38 Å². The van der Waals surface area contributed by atoms with Crippen molar-refractivity contribution in [2.75, 3.05) is 0 Å². The second-order valence-corrected chi connectivity index (χ2v) is 6.58. The molecule has 0 saturated heterocycles. The first-order valence-corrected chi connectivity index (χ1v) is 7.36. The van der Waals surface area contributed by atoms with E-state index in [1.807, 2.05) is 0 Å². The van der Waals surface area contributed by atoms with E-state index in [1.165, 1.54) is 17.0 Å². The van der Waals surface area contributed by atoms with Crippen LogP contribution in [0.5, 0.6) is 0 Å². The van der Waals surface area contributed by atoms with Gasteiger partial charge >= 0.3 is 0 Å². The van der Waals surface area contributed by atoms with Crippen molar-refractivity contribution in [1.29, 1.82) is 0 Å². The molecule has 0 spiro atoms. The van der Waals surface area contributed by atoms with Crippen molar-refractivity contribution in [2.24, 2.45) is 5.92 Å². The first-order chi connectivity index (χ1) is 8.40. The van der Waals surface area contributed by atoms with E-state index in [9.17, 15) is 0 Å². The summed E-state index contributed by atoms with van der Waals surface area (Å²) in [6.45, 7) is 11.1. The van der Waals surface area contributed by atoms with E-state index in [0.717, 1.165) is 16.5 Å². The van der Waals surface area contributed by atoms with Gasteiger partial charge in [-0.15, -0.1) is 0 Å². The highest BCUT2D eigenvalue weighted by Gasteiger charge is 2.16. The summed E-state index contributed by atoms with van der Waals surface area (Å²) >= 11 is 3.61. The Hall–Kier alpha value is -0.830. The van der Waals surface area contributed by atoms with E-state index < -0.39 is 0 Å². The standard InChI is InChI=1S/C15H21BrN2/c1-9(2)6-13-15(10(3)4)18-8-12(16)11(5)7-14(18)17-13/h7-10H,6H2,1-5H3. The van der Waals surface area contributed by atoms with E-state index in [1.54, 1.807) is 0 Å². The van der Waals surface area contributed by atoms with E-state index in [2.05, 4.69) is 67.2 Å². The van der Waals surface area contributed by atoms with Crippen LogP contribution in [0, 0.1) is 12.8 Å². The second kappa shape index (κ2) is 5.04. The van der Waals surface area contributed by atoms with Gasteiger partial charge in [-0.1, -0.05) is 27.7 Å². The molecule has 0 atom stereocenters. The van der Waals surface area contributed by atoms with Gasteiger partial charge in [0.1, 0.15) is 5.65 Å². The Kier molecular flexibility index (Phi) is 3.81. The maximum absolute atomic E-state index is 4.82. The van der Waals surface area contributed by atoms with Crippen molar-refractivity contribution in [3.8, 4) is 0 Å². The van der Waals surface area contributed by atoms with E-state index >= 15 is 0 Å². The third kappa shape index (κ3) is 2.46. The molecular weight excluding hydrogens is 288 g/mol. The summed E-state index contributed by atoms with van der Waals surface area (Å²) in [5.41, 5.74) is 4.89. The van der Waals surface area contributed by atoms with Gasteiger partial charge in [-0.25, -0.2) is 4.98 Å². The molecule has 0 fully saturated rings. The fourth-order valence-electron chi connectivity index (χ4n) is 2.38. The van der Waals surface area contributed by atoms with Crippen LogP contribution in [0.15, 0.2) is 16.7 Å². The lowest BCUT2D eigenvalue weighted by molar-refractivity contribution is 0.626. The fraction of sp³-hybridized carbons (Fsp3) is 0.533. The number of hydrogen-bond acceptors (Lipinski definition) is 1. The Morgan fingerprint density at radius 2 is 1.94 bits per heavy atom. The van der Waals surface area contributed by atoms with E-state index in [0.29, 0.717) is 11.8 Å². The Labute approximate surface area is 118 Å². The molecule has 0 unspecified atom stereocenters. The van der Waals surface area contributed by atoms with Gasteiger partial charge in [0.25, 0.3) is 0 Å². The first-order valence-electron chi connectivity index (χ1n) is 6.57. The van der Waals surface area contributed by atoms with Crippen LogP contribution in [0.25, 0.3) is 5.65 Å². The molecule has 0 aliphatic heterocycles. The summed E-state index contributed by atoms with van der Waals surface area (Å²) in [6.07, 6.45) is 3.20. The van der Waals surface area contributed by atoms with Crippen LogP contribution in [-0.2, 0) is 6.42 Å². The number of halogens is 1. The summed E-state index contributed by atoms with van der Waals surface area (Å²) in [4.78, 5) is 4.82. The molecule has 3 heteroatoms. The topological polar surface area (TPSA) is 17.3 Å². The van der Waals surface area contributed by atoms with Crippen LogP contribution < -0.4 is 0 Å². The number of aryl methyl sites for hydroxylation is 1. The number of fused-ring (bicyclic) bond motifs is 1. The van der Waals surface area contributed by atoms with E-state index in [4.69, 9.17) is 4.98 Å². The van der Waals surface area contributed by atoms with Crippen LogP contribution in [0.1, 0.15) is 50.6 Å². The van der Waals surface area contributed by atoms with E-state index in [-0.39, 0.29) is 0 Å². The molecule has 0 amide bonds. The predicted molar refractivity (Wildman–Crippen MR) is 80.3 cm³/mol. The highest BCUT2D eigenvalue weighted by atomic mass is 79.9. The van der Waals surface area contributed by atoms with Crippen LogP contribution in [0.3, 0.4) is 0 Å². The zero-order chi connectivity index (χ0) is 13.4. The molecule has 0 bridgehead atoms. The minimum atomic E-state index is 0.489. The van der Waals surface area contributed by atoms with Gasteiger partial charge in [0, 0.05) is 16.4 Å². The van der Waals surface area contributed by atoms with Gasteiger partial charge in [-0.3, -0.25) is 0 Å². The normalized spacial score (nSPS) is 12.0. The Morgan fingerprint density at radius 1 is 1.28 bits per heavy atom. The summed E-state index contributed by atoms with van der Waals surface area (Å²) in [5, 5.41) is 0. The quantitative estimate of drug-likeness (QED) is 0.801.